The Hall–Kier alpha value is -0.660. The van der Waals surface area contributed by atoms with E-state index in [-0.39, 0.29) is 0 Å². The maximum Gasteiger partial charge on any atom is 0.179 e. The molecule has 0 aliphatic heterocycles. The summed E-state index contributed by atoms with van der Waals surface area (Å²) in [7, 11) is 0. The summed E-state index contributed by atoms with van der Waals surface area (Å²) in [6.45, 7) is 13.6. The summed E-state index contributed by atoms with van der Waals surface area (Å²) < 4.78 is 5.38. The first kappa shape index (κ1) is 13.4. The zero-order valence-corrected chi connectivity index (χ0v) is 11.3. The number of nitrogens with one attached hydrogen (secondary N) is 1. The van der Waals surface area contributed by atoms with Gasteiger partial charge in [-0.3, -0.25) is 0 Å². The maximum atomic E-state index is 5.38. The van der Waals surface area contributed by atoms with Gasteiger partial charge in [-0.05, 0) is 44.1 Å². The van der Waals surface area contributed by atoms with Crippen LogP contribution in [0.2, 0.25) is 0 Å². The van der Waals surface area contributed by atoms with E-state index < -0.39 is 0 Å². The highest BCUT2D eigenvalue weighted by molar-refractivity contribution is 4.92. The quantitative estimate of drug-likeness (QED) is 0.721. The van der Waals surface area contributed by atoms with Crippen LogP contribution in [0.25, 0.3) is 0 Å². The standard InChI is InChI=1S/C14H27NO/c1-6-16-11(2)15-13-9-7-8-12(13)10-14(3,4)5/h12-13,15H,2,6-10H2,1,3-5H3. The van der Waals surface area contributed by atoms with E-state index in [4.69, 9.17) is 4.74 Å². The van der Waals surface area contributed by atoms with Gasteiger partial charge in [-0.2, -0.15) is 0 Å². The van der Waals surface area contributed by atoms with Crippen molar-refractivity contribution in [2.45, 2.75) is 59.4 Å². The fraction of sp³-hybridized carbons (Fsp3) is 0.857. The minimum absolute atomic E-state index is 0.419. The normalized spacial score (nSPS) is 25.5. The maximum absolute atomic E-state index is 5.38. The molecule has 0 bridgehead atoms. The van der Waals surface area contributed by atoms with Crippen LogP contribution in [0.15, 0.2) is 12.5 Å². The molecule has 0 amide bonds. The minimum Gasteiger partial charge on any atom is -0.480 e. The molecule has 94 valence electrons. The van der Waals surface area contributed by atoms with Gasteiger partial charge in [-0.25, -0.2) is 0 Å². The van der Waals surface area contributed by atoms with E-state index in [1.54, 1.807) is 0 Å². The monoisotopic (exact) mass is 225 g/mol. The van der Waals surface area contributed by atoms with Crippen LogP contribution in [0.1, 0.15) is 53.4 Å². The molecular formula is C14H27NO. The van der Waals surface area contributed by atoms with Gasteiger partial charge in [0, 0.05) is 6.04 Å². The molecule has 0 aromatic rings. The first-order chi connectivity index (χ1) is 7.42. The Morgan fingerprint density at radius 2 is 2.06 bits per heavy atom. The highest BCUT2D eigenvalue weighted by Crippen LogP contribution is 2.35. The van der Waals surface area contributed by atoms with Gasteiger partial charge in [0.05, 0.1) is 6.61 Å². The predicted octanol–water partition coefficient (Wildman–Crippen LogP) is 3.69. The van der Waals surface area contributed by atoms with Gasteiger partial charge in [0.1, 0.15) is 0 Å². The fourth-order valence-corrected chi connectivity index (χ4v) is 2.68. The third-order valence-electron chi connectivity index (χ3n) is 3.20. The summed E-state index contributed by atoms with van der Waals surface area (Å²) in [5, 5.41) is 3.44. The molecule has 0 heterocycles. The lowest BCUT2D eigenvalue weighted by Gasteiger charge is -2.28. The van der Waals surface area contributed by atoms with Crippen LogP contribution in [-0.2, 0) is 4.74 Å². The van der Waals surface area contributed by atoms with Crippen molar-refractivity contribution >= 4 is 0 Å². The average Bonchev–Trinajstić information content (AvgIpc) is 2.50. The molecule has 1 fully saturated rings. The molecule has 0 spiro atoms. The van der Waals surface area contributed by atoms with E-state index in [2.05, 4.69) is 32.7 Å². The van der Waals surface area contributed by atoms with Crippen LogP contribution in [0, 0.1) is 11.3 Å². The van der Waals surface area contributed by atoms with Gasteiger partial charge in [-0.1, -0.05) is 27.2 Å². The Morgan fingerprint density at radius 3 is 2.62 bits per heavy atom. The predicted molar refractivity (Wildman–Crippen MR) is 69.1 cm³/mol. The van der Waals surface area contributed by atoms with Crippen molar-refractivity contribution in [1.82, 2.24) is 5.32 Å². The Labute approximate surface area is 100 Å². The summed E-state index contributed by atoms with van der Waals surface area (Å²) in [5.74, 6) is 1.52. The molecule has 1 saturated carbocycles. The highest BCUT2D eigenvalue weighted by atomic mass is 16.5. The molecule has 0 radical (unpaired) electrons. The Morgan fingerprint density at radius 1 is 1.38 bits per heavy atom. The first-order valence-electron chi connectivity index (χ1n) is 6.50. The van der Waals surface area contributed by atoms with Crippen LogP contribution >= 0.6 is 0 Å². The molecule has 2 unspecified atom stereocenters. The number of rotatable bonds is 5. The zero-order valence-electron chi connectivity index (χ0n) is 11.3. The van der Waals surface area contributed by atoms with Crippen LogP contribution < -0.4 is 5.32 Å². The van der Waals surface area contributed by atoms with Crippen molar-refractivity contribution in [2.24, 2.45) is 11.3 Å². The lowest BCUT2D eigenvalue weighted by atomic mass is 9.82. The second-order valence-electron chi connectivity index (χ2n) is 6.06. The molecule has 1 aliphatic rings. The number of hydrogen-bond donors (Lipinski definition) is 1. The topological polar surface area (TPSA) is 21.3 Å². The van der Waals surface area contributed by atoms with Gasteiger partial charge < -0.3 is 10.1 Å². The molecule has 1 rings (SSSR count). The minimum atomic E-state index is 0.419. The van der Waals surface area contributed by atoms with E-state index in [1.807, 2.05) is 6.92 Å². The van der Waals surface area contributed by atoms with E-state index in [0.717, 1.165) is 11.8 Å². The summed E-state index contributed by atoms with van der Waals surface area (Å²) in [6.07, 6.45) is 5.21. The van der Waals surface area contributed by atoms with Gasteiger partial charge in [0.25, 0.3) is 0 Å². The molecule has 1 aliphatic carbocycles. The molecule has 16 heavy (non-hydrogen) atoms. The first-order valence-corrected chi connectivity index (χ1v) is 6.50. The van der Waals surface area contributed by atoms with E-state index >= 15 is 0 Å². The summed E-state index contributed by atoms with van der Waals surface area (Å²) in [5.41, 5.74) is 0.419. The number of ether oxygens (including phenoxy) is 1. The molecule has 0 aromatic heterocycles. The van der Waals surface area contributed by atoms with Gasteiger partial charge in [0.2, 0.25) is 0 Å². The summed E-state index contributed by atoms with van der Waals surface area (Å²) >= 11 is 0. The van der Waals surface area contributed by atoms with Gasteiger partial charge >= 0.3 is 0 Å². The zero-order chi connectivity index (χ0) is 12.2. The summed E-state index contributed by atoms with van der Waals surface area (Å²) in [6, 6.07) is 0.568. The fourth-order valence-electron chi connectivity index (χ4n) is 2.68. The van der Waals surface area contributed by atoms with Crippen molar-refractivity contribution in [2.75, 3.05) is 6.61 Å². The summed E-state index contributed by atoms with van der Waals surface area (Å²) in [4.78, 5) is 0. The molecule has 0 aromatic carbocycles. The van der Waals surface area contributed by atoms with Gasteiger partial charge in [-0.15, -0.1) is 0 Å². The molecular weight excluding hydrogens is 198 g/mol. The lowest BCUT2D eigenvalue weighted by molar-refractivity contribution is 0.183. The Kier molecular flexibility index (Phi) is 4.69. The molecule has 0 saturated heterocycles. The smallest absolute Gasteiger partial charge is 0.179 e. The number of hydrogen-bond acceptors (Lipinski definition) is 2. The van der Waals surface area contributed by atoms with E-state index in [1.165, 1.54) is 25.7 Å². The third kappa shape index (κ3) is 4.46. The molecule has 2 atom stereocenters. The van der Waals surface area contributed by atoms with E-state index in [9.17, 15) is 0 Å². The lowest BCUT2D eigenvalue weighted by Crippen LogP contribution is -2.34. The van der Waals surface area contributed by atoms with Crippen molar-refractivity contribution < 1.29 is 4.74 Å². The Balaban J connectivity index is 2.43. The third-order valence-corrected chi connectivity index (χ3v) is 3.20. The van der Waals surface area contributed by atoms with Crippen LogP contribution in [0.3, 0.4) is 0 Å². The van der Waals surface area contributed by atoms with Gasteiger partial charge in [0.15, 0.2) is 5.88 Å². The highest BCUT2D eigenvalue weighted by Gasteiger charge is 2.30. The Bertz CT molecular complexity index is 229. The average molecular weight is 225 g/mol. The van der Waals surface area contributed by atoms with E-state index in [0.29, 0.717) is 18.1 Å². The SMILES string of the molecule is C=C(NC1CCCC1CC(C)(C)C)OCC. The second-order valence-corrected chi connectivity index (χ2v) is 6.06. The van der Waals surface area contributed by atoms with Crippen LogP contribution in [0.4, 0.5) is 0 Å². The van der Waals surface area contributed by atoms with Crippen molar-refractivity contribution in [3.8, 4) is 0 Å². The van der Waals surface area contributed by atoms with Crippen LogP contribution in [-0.4, -0.2) is 12.6 Å². The van der Waals surface area contributed by atoms with Crippen molar-refractivity contribution in [1.29, 1.82) is 0 Å². The molecule has 2 heteroatoms. The molecule has 2 nitrogen and oxygen atoms in total. The second kappa shape index (κ2) is 5.60. The van der Waals surface area contributed by atoms with Crippen molar-refractivity contribution in [3.05, 3.63) is 12.5 Å². The van der Waals surface area contributed by atoms with Crippen LogP contribution in [0.5, 0.6) is 0 Å². The van der Waals surface area contributed by atoms with Crippen molar-refractivity contribution in [3.63, 3.8) is 0 Å². The largest absolute Gasteiger partial charge is 0.480 e. The molecule has 1 N–H and O–H groups in total.